The van der Waals surface area contributed by atoms with Crippen molar-refractivity contribution in [3.8, 4) is 22.6 Å². The molecule has 3 heterocycles. The van der Waals surface area contributed by atoms with Crippen molar-refractivity contribution in [2.45, 2.75) is 9.79 Å². The van der Waals surface area contributed by atoms with Crippen LogP contribution in [0.4, 0.5) is 0 Å². The zero-order valence-electron chi connectivity index (χ0n) is 12.3. The van der Waals surface area contributed by atoms with Crippen LogP contribution in [-0.2, 0) is 0 Å². The summed E-state index contributed by atoms with van der Waals surface area (Å²) in [6.45, 7) is 0. The summed E-state index contributed by atoms with van der Waals surface area (Å²) in [5, 5.41) is 0. The maximum atomic E-state index is 6.10. The fraction of sp³-hybridized carbons (Fsp3) is 0. The maximum Gasteiger partial charge on any atom is 0.142 e. The number of hydrogen-bond acceptors (Lipinski definition) is 2. The van der Waals surface area contributed by atoms with Crippen LogP contribution in [0.15, 0.2) is 88.9 Å². The second kappa shape index (κ2) is 4.93. The van der Waals surface area contributed by atoms with E-state index in [0.717, 1.165) is 16.4 Å². The average Bonchev–Trinajstić information content (AvgIpc) is 3.03. The molecule has 0 saturated heterocycles. The molecule has 23 heavy (non-hydrogen) atoms. The number of aromatic nitrogens is 1. The van der Waals surface area contributed by atoms with E-state index in [9.17, 15) is 0 Å². The molecule has 0 unspecified atom stereocenters. The molecule has 0 aliphatic carbocycles. The first-order chi connectivity index (χ1) is 11.4. The Morgan fingerprint density at radius 3 is 2.57 bits per heavy atom. The number of benzene rings is 2. The number of rotatable bonds is 1. The topological polar surface area (TPSA) is 13.6 Å². The molecule has 0 fully saturated rings. The number of pyridine rings is 1. The minimum atomic E-state index is 0.932. The van der Waals surface area contributed by atoms with Gasteiger partial charge in [0.15, 0.2) is 0 Å². The van der Waals surface area contributed by atoms with E-state index in [4.69, 9.17) is 4.74 Å². The van der Waals surface area contributed by atoms with Gasteiger partial charge in [-0.3, -0.25) is 0 Å². The highest BCUT2D eigenvalue weighted by Gasteiger charge is 2.21. The van der Waals surface area contributed by atoms with E-state index in [1.807, 2.05) is 24.3 Å². The Morgan fingerprint density at radius 2 is 1.57 bits per heavy atom. The van der Waals surface area contributed by atoms with Crippen LogP contribution >= 0.6 is 11.8 Å². The zero-order chi connectivity index (χ0) is 15.2. The maximum absolute atomic E-state index is 6.10. The number of para-hydroxylation sites is 1. The Bertz CT molecular complexity index is 1030. The summed E-state index contributed by atoms with van der Waals surface area (Å²) in [6.07, 6.45) is 4.18. The highest BCUT2D eigenvalue weighted by Crippen LogP contribution is 2.51. The van der Waals surface area contributed by atoms with Crippen LogP contribution in [0.3, 0.4) is 0 Å². The lowest BCUT2D eigenvalue weighted by molar-refractivity contribution is 0.455. The standard InChI is InChI=1S/C20H13NOS/c1-2-10-19-17(8-1)22-18-9-5-6-15(20(18)23-19)14-11-13-21-12-4-3-7-16(14)21/h1-13H. The monoisotopic (exact) mass is 315 g/mol. The molecule has 3 heteroatoms. The van der Waals surface area contributed by atoms with Crippen LogP contribution in [0, 0.1) is 0 Å². The summed E-state index contributed by atoms with van der Waals surface area (Å²) < 4.78 is 8.25. The second-order valence-corrected chi connectivity index (χ2v) is 6.56. The van der Waals surface area contributed by atoms with E-state index < -0.39 is 0 Å². The third-order valence-corrected chi connectivity index (χ3v) is 5.30. The first-order valence-corrected chi connectivity index (χ1v) is 8.36. The third kappa shape index (κ3) is 1.97. The third-order valence-electron chi connectivity index (χ3n) is 4.12. The molecule has 0 radical (unpaired) electrons. The van der Waals surface area contributed by atoms with Gasteiger partial charge in [0.25, 0.3) is 0 Å². The van der Waals surface area contributed by atoms with Crippen molar-refractivity contribution in [3.05, 3.63) is 79.1 Å². The van der Waals surface area contributed by atoms with Crippen molar-refractivity contribution in [2.24, 2.45) is 0 Å². The first-order valence-electron chi connectivity index (χ1n) is 7.54. The van der Waals surface area contributed by atoms with Gasteiger partial charge in [0.05, 0.1) is 15.3 Å². The van der Waals surface area contributed by atoms with E-state index in [-0.39, 0.29) is 0 Å². The highest BCUT2D eigenvalue weighted by molar-refractivity contribution is 7.99. The molecule has 110 valence electrons. The number of fused-ring (bicyclic) bond motifs is 3. The molecule has 0 atom stereocenters. The van der Waals surface area contributed by atoms with Crippen molar-refractivity contribution in [3.63, 3.8) is 0 Å². The van der Waals surface area contributed by atoms with Gasteiger partial charge in [-0.1, -0.05) is 42.1 Å². The largest absolute Gasteiger partial charge is 0.455 e. The van der Waals surface area contributed by atoms with Crippen LogP contribution in [-0.4, -0.2) is 4.40 Å². The van der Waals surface area contributed by atoms with Gasteiger partial charge in [-0.25, -0.2) is 0 Å². The fourth-order valence-electron chi connectivity index (χ4n) is 3.04. The molecule has 0 spiro atoms. The van der Waals surface area contributed by atoms with Crippen molar-refractivity contribution < 1.29 is 4.74 Å². The lowest BCUT2D eigenvalue weighted by Crippen LogP contribution is -1.96. The molecule has 2 nitrogen and oxygen atoms in total. The Hall–Kier alpha value is -2.65. The predicted octanol–water partition coefficient (Wildman–Crippen LogP) is 5.86. The van der Waals surface area contributed by atoms with Crippen molar-refractivity contribution >= 4 is 17.3 Å². The minimum absolute atomic E-state index is 0.932. The number of ether oxygens (including phenoxy) is 1. The quantitative estimate of drug-likeness (QED) is 0.384. The number of hydrogen-bond donors (Lipinski definition) is 0. The molecule has 4 aromatic rings. The van der Waals surface area contributed by atoms with E-state index in [0.29, 0.717) is 0 Å². The molecule has 0 saturated carbocycles. The van der Waals surface area contributed by atoms with Crippen molar-refractivity contribution in [2.75, 3.05) is 0 Å². The van der Waals surface area contributed by atoms with E-state index in [1.165, 1.54) is 21.5 Å². The predicted molar refractivity (Wildman–Crippen MR) is 93.5 cm³/mol. The lowest BCUT2D eigenvalue weighted by atomic mass is 10.1. The van der Waals surface area contributed by atoms with Crippen molar-refractivity contribution in [1.29, 1.82) is 0 Å². The van der Waals surface area contributed by atoms with Gasteiger partial charge < -0.3 is 9.14 Å². The molecule has 2 aromatic carbocycles. The zero-order valence-corrected chi connectivity index (χ0v) is 13.1. The molecular formula is C20H13NOS. The molecule has 0 bridgehead atoms. The minimum Gasteiger partial charge on any atom is -0.455 e. The Kier molecular flexibility index (Phi) is 2.76. The average molecular weight is 315 g/mol. The van der Waals surface area contributed by atoms with Crippen LogP contribution in [0.2, 0.25) is 0 Å². The van der Waals surface area contributed by atoms with Crippen LogP contribution in [0.1, 0.15) is 0 Å². The van der Waals surface area contributed by atoms with Crippen LogP contribution in [0.25, 0.3) is 16.6 Å². The summed E-state index contributed by atoms with van der Waals surface area (Å²) in [6, 6.07) is 22.9. The molecule has 1 aliphatic rings. The van der Waals surface area contributed by atoms with Gasteiger partial charge in [-0.2, -0.15) is 0 Å². The van der Waals surface area contributed by atoms with E-state index in [2.05, 4.69) is 59.3 Å². The van der Waals surface area contributed by atoms with Gasteiger partial charge in [0.2, 0.25) is 0 Å². The van der Waals surface area contributed by atoms with Gasteiger partial charge in [0, 0.05) is 23.5 Å². The highest BCUT2D eigenvalue weighted by atomic mass is 32.2. The Balaban J connectivity index is 1.72. The van der Waals surface area contributed by atoms with Gasteiger partial charge in [-0.05, 0) is 36.4 Å². The van der Waals surface area contributed by atoms with E-state index in [1.54, 1.807) is 11.8 Å². The van der Waals surface area contributed by atoms with E-state index >= 15 is 0 Å². The normalized spacial score (nSPS) is 12.5. The van der Waals surface area contributed by atoms with Crippen molar-refractivity contribution in [1.82, 2.24) is 4.40 Å². The molecule has 2 aromatic heterocycles. The lowest BCUT2D eigenvalue weighted by Gasteiger charge is -2.21. The smallest absolute Gasteiger partial charge is 0.142 e. The van der Waals surface area contributed by atoms with Crippen LogP contribution < -0.4 is 4.74 Å². The Labute approximate surface area is 138 Å². The SMILES string of the molecule is c1ccc2c(c1)Oc1cccc(-c3ccn4ccccc34)c1S2. The summed E-state index contributed by atoms with van der Waals surface area (Å²) in [5.74, 6) is 1.87. The fourth-order valence-corrected chi connectivity index (χ4v) is 4.12. The second-order valence-electron chi connectivity index (χ2n) is 5.51. The van der Waals surface area contributed by atoms with Gasteiger partial charge in [-0.15, -0.1) is 0 Å². The van der Waals surface area contributed by atoms with Gasteiger partial charge >= 0.3 is 0 Å². The molecule has 5 rings (SSSR count). The number of nitrogens with zero attached hydrogens (tertiary/aromatic N) is 1. The Morgan fingerprint density at radius 1 is 0.696 bits per heavy atom. The molecule has 0 N–H and O–H groups in total. The summed E-state index contributed by atoms with van der Waals surface area (Å²) in [4.78, 5) is 2.35. The van der Waals surface area contributed by atoms with Gasteiger partial charge in [0.1, 0.15) is 11.5 Å². The summed E-state index contributed by atoms with van der Waals surface area (Å²) >= 11 is 1.78. The summed E-state index contributed by atoms with van der Waals surface area (Å²) in [7, 11) is 0. The van der Waals surface area contributed by atoms with Crippen LogP contribution in [0.5, 0.6) is 11.5 Å². The summed E-state index contributed by atoms with van der Waals surface area (Å²) in [5.41, 5.74) is 3.66. The molecule has 0 amide bonds. The first kappa shape index (κ1) is 12.9. The molecule has 1 aliphatic heterocycles. The molecular weight excluding hydrogens is 302 g/mol.